The van der Waals surface area contributed by atoms with E-state index in [9.17, 15) is 0 Å². The molecule has 4 heterocycles. The minimum Gasteiger partial charge on any atom is -0.456 e. The Morgan fingerprint density at radius 3 is 1.70 bits per heavy atom. The molecule has 0 aliphatic carbocycles. The van der Waals surface area contributed by atoms with Crippen LogP contribution in [-0.2, 0) is 0 Å². The highest BCUT2D eigenvalue weighted by Gasteiger charge is 2.18. The van der Waals surface area contributed by atoms with Crippen LogP contribution in [0.4, 0.5) is 0 Å². The fourth-order valence-electron chi connectivity index (χ4n) is 8.23. The molecule has 0 aliphatic heterocycles. The third-order valence-corrected chi connectivity index (χ3v) is 13.3. The van der Waals surface area contributed by atoms with Crippen molar-refractivity contribution in [2.24, 2.45) is 0 Å². The SMILES string of the molecule is c1ccc(-c2nc(-c3ccc4c(c3)oc3ccccc34)nc(-c3ccc4c(c3)sc3c(-c5ccccc5-c5ccc6c(c5)sc5ccccc56)cccc34)n2)cc1. The van der Waals surface area contributed by atoms with Gasteiger partial charge in [-0.1, -0.05) is 140 Å². The lowest BCUT2D eigenvalue weighted by molar-refractivity contribution is 0.669. The van der Waals surface area contributed by atoms with Gasteiger partial charge in [-0.2, -0.15) is 0 Å². The summed E-state index contributed by atoms with van der Waals surface area (Å²) >= 11 is 3.69. The number of aromatic nitrogens is 3. The summed E-state index contributed by atoms with van der Waals surface area (Å²) < 4.78 is 11.3. The summed E-state index contributed by atoms with van der Waals surface area (Å²) in [5, 5.41) is 7.26. The van der Waals surface area contributed by atoms with Crippen LogP contribution in [0.2, 0.25) is 0 Å². The quantitative estimate of drug-likeness (QED) is 0.175. The molecule has 0 amide bonds. The maximum absolute atomic E-state index is 6.25. The maximum Gasteiger partial charge on any atom is 0.164 e. The number of rotatable bonds is 5. The van der Waals surface area contributed by atoms with Crippen LogP contribution in [0.25, 0.3) is 119 Å². The average Bonchev–Trinajstić information content (AvgIpc) is 3.97. The molecule has 0 bridgehead atoms. The summed E-state index contributed by atoms with van der Waals surface area (Å²) in [6, 6.07) is 62.2. The van der Waals surface area contributed by atoms with Crippen LogP contribution in [0.15, 0.2) is 180 Å². The largest absolute Gasteiger partial charge is 0.456 e. The van der Waals surface area contributed by atoms with Gasteiger partial charge in [0.2, 0.25) is 0 Å². The summed E-state index contributed by atoms with van der Waals surface area (Å²) in [6.07, 6.45) is 0. The Morgan fingerprint density at radius 2 is 0.860 bits per heavy atom. The lowest BCUT2D eigenvalue weighted by atomic mass is 9.93. The van der Waals surface area contributed by atoms with Crippen LogP contribution in [0.3, 0.4) is 0 Å². The van der Waals surface area contributed by atoms with Gasteiger partial charge in [-0.25, -0.2) is 15.0 Å². The van der Waals surface area contributed by atoms with Crippen molar-refractivity contribution in [1.82, 2.24) is 15.0 Å². The van der Waals surface area contributed by atoms with Crippen LogP contribution in [0, 0.1) is 0 Å². The molecule has 12 rings (SSSR count). The van der Waals surface area contributed by atoms with Crippen LogP contribution < -0.4 is 0 Å². The minimum atomic E-state index is 0.602. The van der Waals surface area contributed by atoms with Gasteiger partial charge in [0.15, 0.2) is 17.5 Å². The van der Waals surface area contributed by atoms with E-state index in [1.54, 1.807) is 0 Å². The van der Waals surface area contributed by atoms with Crippen molar-refractivity contribution in [2.75, 3.05) is 0 Å². The summed E-state index contributed by atoms with van der Waals surface area (Å²) in [5.74, 6) is 1.86. The highest BCUT2D eigenvalue weighted by Crippen LogP contribution is 2.45. The van der Waals surface area contributed by atoms with Crippen molar-refractivity contribution >= 4 is 85.0 Å². The molecule has 12 aromatic rings. The predicted octanol–water partition coefficient (Wildman–Crippen LogP) is 14.8. The zero-order chi connectivity index (χ0) is 37.5. The number of fused-ring (bicyclic) bond motifs is 9. The maximum atomic E-state index is 6.25. The van der Waals surface area contributed by atoms with Crippen LogP contribution in [0.5, 0.6) is 0 Å². The van der Waals surface area contributed by atoms with Gasteiger partial charge < -0.3 is 4.42 Å². The van der Waals surface area contributed by atoms with Gasteiger partial charge in [0.25, 0.3) is 0 Å². The van der Waals surface area contributed by atoms with Gasteiger partial charge in [-0.05, 0) is 53.1 Å². The molecule has 0 spiro atoms. The minimum absolute atomic E-state index is 0.602. The smallest absolute Gasteiger partial charge is 0.164 e. The number of thiophene rings is 2. The van der Waals surface area contributed by atoms with Crippen molar-refractivity contribution in [2.45, 2.75) is 0 Å². The topological polar surface area (TPSA) is 51.8 Å². The summed E-state index contributed by atoms with van der Waals surface area (Å²) in [5.41, 5.74) is 9.34. The molecule has 4 aromatic heterocycles. The number of benzene rings is 8. The van der Waals surface area contributed by atoms with E-state index in [0.717, 1.165) is 38.6 Å². The monoisotopic (exact) mass is 763 g/mol. The van der Waals surface area contributed by atoms with Gasteiger partial charge in [0.1, 0.15) is 11.2 Å². The fraction of sp³-hybridized carbons (Fsp3) is 0. The normalized spacial score (nSPS) is 11.9. The van der Waals surface area contributed by atoms with E-state index < -0.39 is 0 Å². The second kappa shape index (κ2) is 12.8. The van der Waals surface area contributed by atoms with E-state index in [4.69, 9.17) is 19.4 Å². The Balaban J connectivity index is 0.985. The first-order valence-corrected chi connectivity index (χ1v) is 20.6. The van der Waals surface area contributed by atoms with Crippen molar-refractivity contribution in [3.05, 3.63) is 176 Å². The Hall–Kier alpha value is -6.99. The zero-order valence-electron chi connectivity index (χ0n) is 30.3. The van der Waals surface area contributed by atoms with Crippen molar-refractivity contribution in [3.8, 4) is 56.4 Å². The molecule has 0 aliphatic rings. The van der Waals surface area contributed by atoms with E-state index in [1.165, 1.54) is 62.6 Å². The molecule has 0 radical (unpaired) electrons. The van der Waals surface area contributed by atoms with E-state index in [-0.39, 0.29) is 0 Å². The molecule has 0 unspecified atom stereocenters. The van der Waals surface area contributed by atoms with Gasteiger partial charge in [-0.3, -0.25) is 0 Å². The molecule has 266 valence electrons. The van der Waals surface area contributed by atoms with Crippen molar-refractivity contribution < 1.29 is 4.42 Å². The molecule has 0 saturated carbocycles. The number of hydrogen-bond acceptors (Lipinski definition) is 6. The fourth-order valence-corrected chi connectivity index (χ4v) is 10.6. The number of nitrogens with zero attached hydrogens (tertiary/aromatic N) is 3. The molecule has 0 saturated heterocycles. The molecule has 6 heteroatoms. The van der Waals surface area contributed by atoms with Gasteiger partial charge in [0.05, 0.1) is 0 Å². The van der Waals surface area contributed by atoms with Gasteiger partial charge in [-0.15, -0.1) is 22.7 Å². The Morgan fingerprint density at radius 1 is 0.316 bits per heavy atom. The van der Waals surface area contributed by atoms with Crippen molar-refractivity contribution in [3.63, 3.8) is 0 Å². The first-order valence-electron chi connectivity index (χ1n) is 18.9. The summed E-state index contributed by atoms with van der Waals surface area (Å²) in [7, 11) is 0. The van der Waals surface area contributed by atoms with Crippen LogP contribution >= 0.6 is 22.7 Å². The zero-order valence-corrected chi connectivity index (χ0v) is 31.9. The van der Waals surface area contributed by atoms with Crippen LogP contribution in [0.1, 0.15) is 0 Å². The highest BCUT2D eigenvalue weighted by atomic mass is 32.1. The average molecular weight is 764 g/mol. The molecule has 8 aromatic carbocycles. The molecule has 0 N–H and O–H groups in total. The first-order chi connectivity index (χ1) is 28.2. The standard InChI is InChI=1S/C51H29N3OS2/c1-2-11-30(12-3-1)49-52-50(32-22-24-37-36-15-6-8-19-43(36)55-44(37)27-32)54-51(53-49)33-23-26-40-42-18-10-17-41(48(42)57-47(40)29-33)35-14-5-4-13-34(35)31-21-25-39-38-16-7-9-20-45(38)56-46(39)28-31/h1-29H. The van der Waals surface area contributed by atoms with E-state index >= 15 is 0 Å². The van der Waals surface area contributed by atoms with Crippen LogP contribution in [-0.4, -0.2) is 15.0 Å². The third kappa shape index (κ3) is 5.30. The molecule has 0 fully saturated rings. The third-order valence-electron chi connectivity index (χ3n) is 11.0. The van der Waals surface area contributed by atoms with E-state index in [0.29, 0.717) is 17.5 Å². The lowest BCUT2D eigenvalue weighted by Crippen LogP contribution is -2.00. The highest BCUT2D eigenvalue weighted by molar-refractivity contribution is 7.26. The first kappa shape index (κ1) is 32.3. The predicted molar refractivity (Wildman–Crippen MR) is 240 cm³/mol. The second-order valence-corrected chi connectivity index (χ2v) is 16.5. The number of hydrogen-bond donors (Lipinski definition) is 0. The molecule has 4 nitrogen and oxygen atoms in total. The van der Waals surface area contributed by atoms with E-state index in [2.05, 4.69) is 121 Å². The van der Waals surface area contributed by atoms with Crippen molar-refractivity contribution in [1.29, 1.82) is 0 Å². The summed E-state index contributed by atoms with van der Waals surface area (Å²) in [6.45, 7) is 0. The molecule has 57 heavy (non-hydrogen) atoms. The van der Waals surface area contributed by atoms with Gasteiger partial charge >= 0.3 is 0 Å². The Kier molecular flexibility index (Phi) is 7.24. The Labute approximate surface area is 335 Å². The Bertz CT molecular complexity index is 3540. The molecular weight excluding hydrogens is 735 g/mol. The summed E-state index contributed by atoms with van der Waals surface area (Å²) in [4.78, 5) is 15.2. The number of furan rings is 1. The molecular formula is C51H29N3OS2. The second-order valence-electron chi connectivity index (χ2n) is 14.3. The van der Waals surface area contributed by atoms with Gasteiger partial charge in [0, 0.05) is 73.4 Å². The lowest BCUT2D eigenvalue weighted by Gasteiger charge is -2.11. The molecule has 0 atom stereocenters. The number of para-hydroxylation sites is 1. The van der Waals surface area contributed by atoms with E-state index in [1.807, 2.05) is 77.3 Å².